The van der Waals surface area contributed by atoms with E-state index in [1.165, 1.54) is 10.6 Å². The molecule has 0 fully saturated rings. The van der Waals surface area contributed by atoms with Crippen LogP contribution in [0.2, 0.25) is 5.02 Å². The van der Waals surface area contributed by atoms with Gasteiger partial charge in [0, 0.05) is 12.4 Å². The van der Waals surface area contributed by atoms with Gasteiger partial charge in [-0.05, 0) is 6.07 Å². The first-order valence-electron chi connectivity index (χ1n) is 8.42. The third-order valence-corrected chi connectivity index (χ3v) is 4.80. The Morgan fingerprint density at radius 1 is 1.03 bits per heavy atom. The summed E-state index contributed by atoms with van der Waals surface area (Å²) in [6, 6.07) is 0.891. The molecule has 0 saturated carbocycles. The lowest BCUT2D eigenvalue weighted by Crippen LogP contribution is -2.32. The van der Waals surface area contributed by atoms with Crippen LogP contribution in [0.25, 0.3) is 10.9 Å². The van der Waals surface area contributed by atoms with Crippen LogP contribution >= 0.6 is 11.6 Å². The molecule has 0 spiro atoms. The number of aromatic nitrogens is 1. The summed E-state index contributed by atoms with van der Waals surface area (Å²) in [5.41, 5.74) is -3.92. The van der Waals surface area contributed by atoms with Gasteiger partial charge in [0.1, 0.15) is 5.69 Å². The SMILES string of the molecule is COC(=O)c1cc2c3c(c(NC(=O)C(F)(F)F)c(Cl)c(NC(=O)C(F)(F)F)c3n1)N(C)C2=O. The Balaban J connectivity index is 2.42. The standard InChI is InChI=1S/C17H9ClF6N4O5/c1-28-11-6-4(12(28)29)3-5(13(30)33-2)25-8(6)9(26-14(31)16(19,20)21)7(18)10(11)27-15(32)17(22,23)24/h3H,1-2H3,(H,26,31)(H,27,32). The van der Waals surface area contributed by atoms with Crippen LogP contribution in [0, 0.1) is 0 Å². The molecule has 3 rings (SSSR count). The zero-order valence-electron chi connectivity index (χ0n) is 16.2. The summed E-state index contributed by atoms with van der Waals surface area (Å²) in [6.45, 7) is 0. The third-order valence-electron chi connectivity index (χ3n) is 4.43. The minimum Gasteiger partial charge on any atom is -0.464 e. The molecule has 0 unspecified atom stereocenters. The van der Waals surface area contributed by atoms with Gasteiger partial charge in [0.2, 0.25) is 0 Å². The van der Waals surface area contributed by atoms with E-state index in [9.17, 15) is 45.5 Å². The number of nitrogens with one attached hydrogen (secondary N) is 2. The molecular formula is C17H9ClF6N4O5. The van der Waals surface area contributed by atoms with Crippen LogP contribution in [-0.4, -0.2) is 55.2 Å². The number of esters is 1. The van der Waals surface area contributed by atoms with Crippen molar-refractivity contribution in [2.24, 2.45) is 0 Å². The second-order valence-corrected chi connectivity index (χ2v) is 6.83. The molecule has 33 heavy (non-hydrogen) atoms. The Hall–Kier alpha value is -3.62. The fourth-order valence-corrected chi connectivity index (χ4v) is 3.29. The van der Waals surface area contributed by atoms with E-state index >= 15 is 0 Å². The van der Waals surface area contributed by atoms with Crippen LogP contribution in [0.15, 0.2) is 6.07 Å². The van der Waals surface area contributed by atoms with Crippen molar-refractivity contribution >= 4 is 63.3 Å². The maximum atomic E-state index is 12.9. The second kappa shape index (κ2) is 7.75. The number of hydrogen-bond acceptors (Lipinski definition) is 6. The quantitative estimate of drug-likeness (QED) is 0.495. The minimum atomic E-state index is -5.46. The van der Waals surface area contributed by atoms with E-state index in [1.807, 2.05) is 0 Å². The summed E-state index contributed by atoms with van der Waals surface area (Å²) >= 11 is 6.00. The lowest BCUT2D eigenvalue weighted by molar-refractivity contribution is -0.167. The maximum absolute atomic E-state index is 12.9. The Labute approximate surface area is 183 Å². The fourth-order valence-electron chi connectivity index (χ4n) is 3.02. The molecule has 0 radical (unpaired) electrons. The number of amides is 3. The monoisotopic (exact) mass is 498 g/mol. The van der Waals surface area contributed by atoms with Crippen molar-refractivity contribution in [2.75, 3.05) is 29.7 Å². The molecule has 3 amide bonds. The molecule has 0 atom stereocenters. The molecule has 1 aromatic carbocycles. The number of anilines is 3. The Morgan fingerprint density at radius 2 is 1.55 bits per heavy atom. The molecular weight excluding hydrogens is 490 g/mol. The molecule has 2 N–H and O–H groups in total. The lowest BCUT2D eigenvalue weighted by Gasteiger charge is -2.21. The van der Waals surface area contributed by atoms with Crippen molar-refractivity contribution in [3.8, 4) is 0 Å². The molecule has 9 nitrogen and oxygen atoms in total. The van der Waals surface area contributed by atoms with Gasteiger partial charge in [-0.25, -0.2) is 9.78 Å². The van der Waals surface area contributed by atoms with E-state index in [1.54, 1.807) is 0 Å². The van der Waals surface area contributed by atoms with E-state index in [0.717, 1.165) is 25.1 Å². The first-order chi connectivity index (χ1) is 15.1. The van der Waals surface area contributed by atoms with E-state index in [2.05, 4.69) is 9.72 Å². The highest BCUT2D eigenvalue weighted by molar-refractivity contribution is 6.43. The fraction of sp³-hybridized carbons (Fsp3) is 0.235. The number of carbonyl (C=O) groups excluding carboxylic acids is 4. The molecule has 1 aromatic heterocycles. The van der Waals surface area contributed by atoms with Gasteiger partial charge >= 0.3 is 30.1 Å². The number of carbonyl (C=O) groups is 4. The van der Waals surface area contributed by atoms with Gasteiger partial charge in [0.15, 0.2) is 0 Å². The number of hydrogen-bond donors (Lipinski definition) is 2. The molecule has 0 aliphatic carbocycles. The summed E-state index contributed by atoms with van der Waals surface area (Å²) in [7, 11) is 2.02. The van der Waals surface area contributed by atoms with Gasteiger partial charge in [-0.3, -0.25) is 14.4 Å². The number of methoxy groups -OCH3 is 1. The van der Waals surface area contributed by atoms with Gasteiger partial charge in [0.25, 0.3) is 5.91 Å². The van der Waals surface area contributed by atoms with Crippen LogP contribution in [0.4, 0.5) is 43.4 Å². The average Bonchev–Trinajstić information content (AvgIpc) is 2.96. The molecule has 0 saturated heterocycles. The predicted octanol–water partition coefficient (Wildman–Crippen LogP) is 3.27. The van der Waals surface area contributed by atoms with Crippen LogP contribution in [0.5, 0.6) is 0 Å². The third kappa shape index (κ3) is 3.99. The first-order valence-corrected chi connectivity index (χ1v) is 8.80. The number of pyridine rings is 1. The number of ether oxygens (including phenoxy) is 1. The second-order valence-electron chi connectivity index (χ2n) is 6.45. The molecule has 16 heteroatoms. The Kier molecular flexibility index (Phi) is 5.65. The summed E-state index contributed by atoms with van der Waals surface area (Å²) < 4.78 is 81.6. The van der Waals surface area contributed by atoms with Crippen molar-refractivity contribution in [2.45, 2.75) is 12.4 Å². The predicted molar refractivity (Wildman–Crippen MR) is 100 cm³/mol. The molecule has 2 aromatic rings. The van der Waals surface area contributed by atoms with Crippen LogP contribution in [0.1, 0.15) is 20.8 Å². The number of alkyl halides is 6. The van der Waals surface area contributed by atoms with Gasteiger partial charge in [-0.1, -0.05) is 11.6 Å². The Bertz CT molecular complexity index is 1240. The summed E-state index contributed by atoms with van der Waals surface area (Å²) in [4.78, 5) is 52.2. The van der Waals surface area contributed by atoms with Crippen LogP contribution < -0.4 is 15.5 Å². The van der Waals surface area contributed by atoms with Crippen molar-refractivity contribution in [3.05, 3.63) is 22.3 Å². The maximum Gasteiger partial charge on any atom is 0.471 e. The average molecular weight is 499 g/mol. The number of nitrogens with zero attached hydrogens (tertiary/aromatic N) is 2. The summed E-state index contributed by atoms with van der Waals surface area (Å²) in [5, 5.41) is 1.40. The number of benzene rings is 1. The Morgan fingerprint density at radius 3 is 2.03 bits per heavy atom. The van der Waals surface area contributed by atoms with E-state index in [4.69, 9.17) is 11.6 Å². The highest BCUT2D eigenvalue weighted by Crippen LogP contribution is 2.50. The molecule has 1 aliphatic rings. The molecule has 1 aliphatic heterocycles. The molecule has 2 heterocycles. The van der Waals surface area contributed by atoms with Crippen LogP contribution in [-0.2, 0) is 14.3 Å². The summed E-state index contributed by atoms with van der Waals surface area (Å²) in [6.07, 6.45) is -10.9. The lowest BCUT2D eigenvalue weighted by atomic mass is 10.1. The minimum absolute atomic E-state index is 0.366. The van der Waals surface area contributed by atoms with Gasteiger partial charge in [-0.15, -0.1) is 0 Å². The van der Waals surface area contributed by atoms with E-state index < -0.39 is 69.3 Å². The molecule has 0 bridgehead atoms. The van der Waals surface area contributed by atoms with Gasteiger partial charge < -0.3 is 20.3 Å². The first kappa shape index (κ1) is 24.0. The van der Waals surface area contributed by atoms with E-state index in [0.29, 0.717) is 0 Å². The molecule has 176 valence electrons. The normalized spacial score (nSPS) is 13.4. The highest BCUT2D eigenvalue weighted by atomic mass is 35.5. The zero-order chi connectivity index (χ0) is 25.0. The zero-order valence-corrected chi connectivity index (χ0v) is 16.9. The van der Waals surface area contributed by atoms with Crippen molar-refractivity contribution < 1.29 is 50.3 Å². The number of rotatable bonds is 3. The highest BCUT2D eigenvalue weighted by Gasteiger charge is 2.44. The van der Waals surface area contributed by atoms with Crippen LogP contribution in [0.3, 0.4) is 0 Å². The van der Waals surface area contributed by atoms with Gasteiger partial charge in [-0.2, -0.15) is 26.3 Å². The van der Waals surface area contributed by atoms with E-state index in [-0.39, 0.29) is 10.9 Å². The number of halogens is 7. The smallest absolute Gasteiger partial charge is 0.464 e. The topological polar surface area (TPSA) is 118 Å². The summed E-state index contributed by atoms with van der Waals surface area (Å²) in [5.74, 6) is -7.17. The largest absolute Gasteiger partial charge is 0.471 e. The van der Waals surface area contributed by atoms with Gasteiger partial charge in [0.05, 0.1) is 40.3 Å². The van der Waals surface area contributed by atoms with Crippen molar-refractivity contribution in [1.29, 1.82) is 0 Å². The van der Waals surface area contributed by atoms with Crippen molar-refractivity contribution in [3.63, 3.8) is 0 Å². The van der Waals surface area contributed by atoms with Crippen molar-refractivity contribution in [1.82, 2.24) is 4.98 Å².